The average molecular weight is 153 g/mol. The summed E-state index contributed by atoms with van der Waals surface area (Å²) in [5.41, 5.74) is 5.74. The molecular formula is C10H19N. The monoisotopic (exact) mass is 153 g/mol. The van der Waals surface area contributed by atoms with Crippen molar-refractivity contribution in [1.82, 2.24) is 0 Å². The fraction of sp³-hybridized carbons (Fsp3) is 1.00. The van der Waals surface area contributed by atoms with Crippen molar-refractivity contribution in [2.24, 2.45) is 23.5 Å². The van der Waals surface area contributed by atoms with Crippen molar-refractivity contribution in [2.45, 2.75) is 38.5 Å². The first kappa shape index (κ1) is 7.60. The molecule has 2 rings (SSSR count). The Morgan fingerprint density at radius 2 is 1.82 bits per heavy atom. The van der Waals surface area contributed by atoms with Crippen LogP contribution >= 0.6 is 0 Å². The molecule has 0 aliphatic heterocycles. The van der Waals surface area contributed by atoms with Gasteiger partial charge >= 0.3 is 0 Å². The summed E-state index contributed by atoms with van der Waals surface area (Å²) in [6, 6.07) is 0. The van der Waals surface area contributed by atoms with Crippen LogP contribution in [-0.2, 0) is 0 Å². The molecule has 2 N–H and O–H groups in total. The van der Waals surface area contributed by atoms with Crippen LogP contribution in [-0.4, -0.2) is 6.54 Å². The van der Waals surface area contributed by atoms with Crippen LogP contribution in [0.2, 0.25) is 0 Å². The van der Waals surface area contributed by atoms with E-state index >= 15 is 0 Å². The highest BCUT2D eigenvalue weighted by molar-refractivity contribution is 4.87. The molecule has 1 heteroatoms. The van der Waals surface area contributed by atoms with Gasteiger partial charge in [-0.2, -0.15) is 0 Å². The predicted octanol–water partition coefficient (Wildman–Crippen LogP) is 2.16. The van der Waals surface area contributed by atoms with Crippen molar-refractivity contribution < 1.29 is 0 Å². The van der Waals surface area contributed by atoms with Crippen LogP contribution in [0.1, 0.15) is 38.5 Å². The van der Waals surface area contributed by atoms with Gasteiger partial charge in [0.2, 0.25) is 0 Å². The number of rotatable bonds is 1. The first-order chi connectivity index (χ1) is 5.42. The van der Waals surface area contributed by atoms with Crippen LogP contribution in [0.25, 0.3) is 0 Å². The Morgan fingerprint density at radius 1 is 1.00 bits per heavy atom. The van der Waals surface area contributed by atoms with Gasteiger partial charge in [-0.3, -0.25) is 0 Å². The summed E-state index contributed by atoms with van der Waals surface area (Å²) in [7, 11) is 0. The molecule has 64 valence electrons. The molecule has 11 heavy (non-hydrogen) atoms. The highest BCUT2D eigenvalue weighted by Crippen LogP contribution is 2.45. The second-order valence-electron chi connectivity index (χ2n) is 4.28. The van der Waals surface area contributed by atoms with E-state index in [4.69, 9.17) is 5.73 Å². The Hall–Kier alpha value is -0.0400. The van der Waals surface area contributed by atoms with E-state index in [9.17, 15) is 0 Å². The van der Waals surface area contributed by atoms with E-state index in [2.05, 4.69) is 0 Å². The van der Waals surface area contributed by atoms with Crippen LogP contribution in [0.4, 0.5) is 0 Å². The lowest BCUT2D eigenvalue weighted by Crippen LogP contribution is -2.24. The molecule has 1 nitrogen and oxygen atoms in total. The van der Waals surface area contributed by atoms with Crippen molar-refractivity contribution in [1.29, 1.82) is 0 Å². The van der Waals surface area contributed by atoms with E-state index in [0.29, 0.717) is 0 Å². The lowest BCUT2D eigenvalue weighted by atomic mass is 9.78. The third-order valence-corrected chi connectivity index (χ3v) is 3.78. The molecule has 2 saturated carbocycles. The first-order valence-corrected chi connectivity index (χ1v) is 5.12. The Bertz CT molecular complexity index is 127. The highest BCUT2D eigenvalue weighted by atomic mass is 14.6. The van der Waals surface area contributed by atoms with Crippen LogP contribution < -0.4 is 5.73 Å². The average Bonchev–Trinajstić information content (AvgIpc) is 2.47. The molecule has 2 aliphatic carbocycles. The molecule has 0 aromatic carbocycles. The van der Waals surface area contributed by atoms with Gasteiger partial charge in [-0.1, -0.05) is 19.3 Å². The van der Waals surface area contributed by atoms with Crippen LogP contribution in [0, 0.1) is 17.8 Å². The fourth-order valence-corrected chi connectivity index (χ4v) is 3.15. The summed E-state index contributed by atoms with van der Waals surface area (Å²) in [5.74, 6) is 2.98. The van der Waals surface area contributed by atoms with Gasteiger partial charge in [0.1, 0.15) is 0 Å². The van der Waals surface area contributed by atoms with Gasteiger partial charge in [0.15, 0.2) is 0 Å². The molecule has 0 amide bonds. The SMILES string of the molecule is NCC1CCC2CCCCC12. The van der Waals surface area contributed by atoms with Crippen LogP contribution in [0.5, 0.6) is 0 Å². The van der Waals surface area contributed by atoms with Gasteiger partial charge < -0.3 is 5.73 Å². The van der Waals surface area contributed by atoms with Crippen molar-refractivity contribution in [3.8, 4) is 0 Å². The first-order valence-electron chi connectivity index (χ1n) is 5.12. The van der Waals surface area contributed by atoms with E-state index in [1.54, 1.807) is 0 Å². The van der Waals surface area contributed by atoms with Crippen molar-refractivity contribution in [3.05, 3.63) is 0 Å². The second-order valence-corrected chi connectivity index (χ2v) is 4.28. The van der Waals surface area contributed by atoms with Gasteiger partial charge in [-0.15, -0.1) is 0 Å². The number of fused-ring (bicyclic) bond motifs is 1. The summed E-state index contributed by atoms with van der Waals surface area (Å²) in [5, 5.41) is 0. The standard InChI is InChI=1S/C10H19N/c11-7-9-6-5-8-3-1-2-4-10(8)9/h8-10H,1-7,11H2. The van der Waals surface area contributed by atoms with Gasteiger partial charge in [-0.05, 0) is 43.6 Å². The quantitative estimate of drug-likeness (QED) is 0.614. The minimum atomic E-state index is 0.889. The summed E-state index contributed by atoms with van der Waals surface area (Å²) in [6.07, 6.45) is 8.84. The molecule has 0 aromatic rings. The maximum absolute atomic E-state index is 5.74. The predicted molar refractivity (Wildman–Crippen MR) is 47.2 cm³/mol. The Labute approximate surface area is 69.4 Å². The third kappa shape index (κ3) is 1.31. The van der Waals surface area contributed by atoms with Crippen LogP contribution in [0.3, 0.4) is 0 Å². The molecule has 2 fully saturated rings. The van der Waals surface area contributed by atoms with Crippen molar-refractivity contribution in [3.63, 3.8) is 0 Å². The minimum absolute atomic E-state index is 0.889. The maximum Gasteiger partial charge on any atom is -0.00461 e. The third-order valence-electron chi connectivity index (χ3n) is 3.78. The molecule has 0 bridgehead atoms. The lowest BCUT2D eigenvalue weighted by Gasteiger charge is -2.28. The van der Waals surface area contributed by atoms with E-state index in [1.165, 1.54) is 38.5 Å². The summed E-state index contributed by atoms with van der Waals surface area (Å²) in [4.78, 5) is 0. The van der Waals surface area contributed by atoms with E-state index < -0.39 is 0 Å². The molecule has 3 atom stereocenters. The second kappa shape index (κ2) is 3.14. The van der Waals surface area contributed by atoms with Crippen LogP contribution in [0.15, 0.2) is 0 Å². The summed E-state index contributed by atoms with van der Waals surface area (Å²) >= 11 is 0. The summed E-state index contributed by atoms with van der Waals surface area (Å²) < 4.78 is 0. The molecule has 0 radical (unpaired) electrons. The van der Waals surface area contributed by atoms with Crippen molar-refractivity contribution >= 4 is 0 Å². The fourth-order valence-electron chi connectivity index (χ4n) is 3.15. The highest BCUT2D eigenvalue weighted by Gasteiger charge is 2.36. The van der Waals surface area contributed by atoms with Gasteiger partial charge in [-0.25, -0.2) is 0 Å². The number of hydrogen-bond donors (Lipinski definition) is 1. The zero-order valence-electron chi connectivity index (χ0n) is 7.26. The molecule has 0 aromatic heterocycles. The maximum atomic E-state index is 5.74. The Kier molecular flexibility index (Phi) is 2.17. The van der Waals surface area contributed by atoms with Crippen molar-refractivity contribution in [2.75, 3.05) is 6.54 Å². The molecular weight excluding hydrogens is 134 g/mol. The molecule has 0 heterocycles. The number of nitrogens with two attached hydrogens (primary N) is 1. The van der Waals surface area contributed by atoms with Gasteiger partial charge in [0, 0.05) is 0 Å². The molecule has 0 spiro atoms. The number of hydrogen-bond acceptors (Lipinski definition) is 1. The van der Waals surface area contributed by atoms with Gasteiger partial charge in [0.25, 0.3) is 0 Å². The summed E-state index contributed by atoms with van der Waals surface area (Å²) in [6.45, 7) is 0.946. The van der Waals surface area contributed by atoms with E-state index in [0.717, 1.165) is 24.3 Å². The van der Waals surface area contributed by atoms with Gasteiger partial charge in [0.05, 0.1) is 0 Å². The lowest BCUT2D eigenvalue weighted by molar-refractivity contribution is 0.231. The van der Waals surface area contributed by atoms with E-state index in [-0.39, 0.29) is 0 Å². The zero-order chi connectivity index (χ0) is 7.68. The normalized spacial score (nSPS) is 43.9. The van der Waals surface area contributed by atoms with E-state index in [1.807, 2.05) is 0 Å². The Morgan fingerprint density at radius 3 is 2.64 bits per heavy atom. The smallest absolute Gasteiger partial charge is 0.00461 e. The largest absolute Gasteiger partial charge is 0.330 e. The zero-order valence-corrected chi connectivity index (χ0v) is 7.26. The minimum Gasteiger partial charge on any atom is -0.330 e. The molecule has 2 aliphatic rings. The Balaban J connectivity index is 1.98. The molecule has 0 saturated heterocycles. The molecule has 3 unspecified atom stereocenters. The topological polar surface area (TPSA) is 26.0 Å².